The number of rotatable bonds is 5. The Balaban J connectivity index is 1.72. The molecule has 0 spiro atoms. The highest BCUT2D eigenvalue weighted by Crippen LogP contribution is 2.33. The Morgan fingerprint density at radius 1 is 1.04 bits per heavy atom. The van der Waals surface area contributed by atoms with Crippen LogP contribution in [0.1, 0.15) is 11.8 Å². The molecule has 0 N–H and O–H groups in total. The van der Waals surface area contributed by atoms with Crippen LogP contribution in [0.5, 0.6) is 11.8 Å². The maximum atomic E-state index is 5.86. The second-order valence-electron chi connectivity index (χ2n) is 5.65. The lowest BCUT2D eigenvalue weighted by Crippen LogP contribution is -1.97. The van der Waals surface area contributed by atoms with Crippen LogP contribution >= 0.6 is 0 Å². The van der Waals surface area contributed by atoms with E-state index < -0.39 is 0 Å². The van der Waals surface area contributed by atoms with E-state index in [1.165, 1.54) is 7.11 Å². The monoisotopic (exact) mass is 348 g/mol. The molecule has 0 fully saturated rings. The number of fused-ring (bicyclic) bond motifs is 1. The second kappa shape index (κ2) is 6.79. The molecule has 0 atom stereocenters. The quantitative estimate of drug-likeness (QED) is 0.545. The van der Waals surface area contributed by atoms with Gasteiger partial charge in [-0.25, -0.2) is 9.97 Å². The summed E-state index contributed by atoms with van der Waals surface area (Å²) < 4.78 is 16.2. The predicted molar refractivity (Wildman–Crippen MR) is 94.9 cm³/mol. The number of aromatic nitrogens is 4. The van der Waals surface area contributed by atoms with Gasteiger partial charge in [0.1, 0.15) is 5.75 Å². The number of hydrogen-bond donors (Lipinski definition) is 0. The van der Waals surface area contributed by atoms with Crippen LogP contribution in [0.3, 0.4) is 0 Å². The van der Waals surface area contributed by atoms with Crippen molar-refractivity contribution >= 4 is 10.8 Å². The number of benzene rings is 2. The number of hydrogen-bond acceptors (Lipinski definition) is 7. The summed E-state index contributed by atoms with van der Waals surface area (Å²) in [6.07, 6.45) is 3.47. The van der Waals surface area contributed by atoms with Gasteiger partial charge in [-0.3, -0.25) is 0 Å². The average Bonchev–Trinajstić information content (AvgIpc) is 3.11. The minimum atomic E-state index is 0.206. The van der Waals surface area contributed by atoms with Gasteiger partial charge >= 0.3 is 6.01 Å². The lowest BCUT2D eigenvalue weighted by Gasteiger charge is -2.11. The zero-order valence-electron chi connectivity index (χ0n) is 14.3. The SMILES string of the molecule is COc1ncc(-c2cc(OCc3nnc(C)o3)cc3ccccc23)cn1. The van der Waals surface area contributed by atoms with E-state index in [1.807, 2.05) is 30.3 Å². The molecule has 0 unspecified atom stereocenters. The first-order chi connectivity index (χ1) is 12.7. The largest absolute Gasteiger partial charge is 0.484 e. The van der Waals surface area contributed by atoms with Crippen molar-refractivity contribution in [2.24, 2.45) is 0 Å². The Labute approximate surface area is 149 Å². The van der Waals surface area contributed by atoms with Crippen molar-refractivity contribution < 1.29 is 13.9 Å². The van der Waals surface area contributed by atoms with Crippen LogP contribution in [0.25, 0.3) is 21.9 Å². The van der Waals surface area contributed by atoms with Gasteiger partial charge in [0.25, 0.3) is 5.89 Å². The van der Waals surface area contributed by atoms with Crippen LogP contribution in [0, 0.1) is 6.92 Å². The highest BCUT2D eigenvalue weighted by atomic mass is 16.5. The van der Waals surface area contributed by atoms with Gasteiger partial charge < -0.3 is 13.9 Å². The van der Waals surface area contributed by atoms with Crippen LogP contribution in [0.4, 0.5) is 0 Å². The summed E-state index contributed by atoms with van der Waals surface area (Å²) in [5.41, 5.74) is 1.85. The van der Waals surface area contributed by atoms with Gasteiger partial charge in [0.05, 0.1) is 7.11 Å². The lowest BCUT2D eigenvalue weighted by atomic mass is 10.00. The molecule has 0 saturated carbocycles. The summed E-state index contributed by atoms with van der Waals surface area (Å²) in [4.78, 5) is 8.40. The van der Waals surface area contributed by atoms with Crippen molar-refractivity contribution in [2.45, 2.75) is 13.5 Å². The highest BCUT2D eigenvalue weighted by Gasteiger charge is 2.10. The fourth-order valence-corrected chi connectivity index (χ4v) is 2.71. The van der Waals surface area contributed by atoms with Gasteiger partial charge in [0.15, 0.2) is 6.61 Å². The van der Waals surface area contributed by atoms with Crippen molar-refractivity contribution in [2.75, 3.05) is 7.11 Å². The van der Waals surface area contributed by atoms with Crippen molar-refractivity contribution in [3.05, 3.63) is 60.6 Å². The summed E-state index contributed by atoms with van der Waals surface area (Å²) in [5.74, 6) is 1.65. The number of methoxy groups -OCH3 is 1. The van der Waals surface area contributed by atoms with Gasteiger partial charge in [0, 0.05) is 24.9 Å². The van der Waals surface area contributed by atoms with Gasteiger partial charge in [-0.1, -0.05) is 24.3 Å². The van der Waals surface area contributed by atoms with Crippen LogP contribution in [0.15, 0.2) is 53.2 Å². The van der Waals surface area contributed by atoms with E-state index in [4.69, 9.17) is 13.9 Å². The molecule has 7 heteroatoms. The van der Waals surface area contributed by atoms with Gasteiger partial charge in [-0.05, 0) is 28.5 Å². The topological polar surface area (TPSA) is 83.2 Å². The third kappa shape index (κ3) is 3.19. The molecule has 0 aliphatic carbocycles. The van der Waals surface area contributed by atoms with Gasteiger partial charge in [-0.15, -0.1) is 10.2 Å². The Bertz CT molecular complexity index is 1040. The van der Waals surface area contributed by atoms with Crippen molar-refractivity contribution in [1.29, 1.82) is 0 Å². The van der Waals surface area contributed by atoms with E-state index >= 15 is 0 Å². The standard InChI is InChI=1S/C19H16N4O3/c1-12-22-23-18(26-12)11-25-15-7-13-5-3-4-6-16(13)17(8-15)14-9-20-19(24-2)21-10-14/h3-10H,11H2,1-2H3. The van der Waals surface area contributed by atoms with E-state index in [2.05, 4.69) is 26.2 Å². The first kappa shape index (κ1) is 16.0. The van der Waals surface area contributed by atoms with Crippen LogP contribution < -0.4 is 9.47 Å². The summed E-state index contributed by atoms with van der Waals surface area (Å²) in [6, 6.07) is 12.3. The van der Waals surface area contributed by atoms with E-state index in [0.29, 0.717) is 23.5 Å². The normalized spacial score (nSPS) is 10.8. The molecule has 2 aromatic heterocycles. The number of nitrogens with zero attached hydrogens (tertiary/aromatic N) is 4. The maximum absolute atomic E-state index is 5.86. The maximum Gasteiger partial charge on any atom is 0.316 e. The van der Waals surface area contributed by atoms with E-state index in [1.54, 1.807) is 19.3 Å². The fraction of sp³-hybridized carbons (Fsp3) is 0.158. The van der Waals surface area contributed by atoms with Crippen molar-refractivity contribution in [3.8, 4) is 22.9 Å². The second-order valence-corrected chi connectivity index (χ2v) is 5.65. The number of aryl methyl sites for hydroxylation is 1. The fourth-order valence-electron chi connectivity index (χ4n) is 2.71. The summed E-state index contributed by atoms with van der Waals surface area (Å²) >= 11 is 0. The zero-order chi connectivity index (χ0) is 17.9. The Kier molecular flexibility index (Phi) is 4.18. The van der Waals surface area contributed by atoms with Crippen LogP contribution in [0.2, 0.25) is 0 Å². The molecule has 2 heterocycles. The minimum absolute atomic E-state index is 0.206. The van der Waals surface area contributed by atoms with E-state index in [-0.39, 0.29) is 6.61 Å². The van der Waals surface area contributed by atoms with Gasteiger partial charge in [0.2, 0.25) is 5.89 Å². The highest BCUT2D eigenvalue weighted by molar-refractivity contribution is 5.97. The molecule has 130 valence electrons. The Hall–Kier alpha value is -3.48. The molecule has 0 bridgehead atoms. The molecule has 0 amide bonds. The van der Waals surface area contributed by atoms with Crippen LogP contribution in [-0.2, 0) is 6.61 Å². The molecule has 0 aliphatic heterocycles. The summed E-state index contributed by atoms with van der Waals surface area (Å²) in [5, 5.41) is 9.89. The predicted octanol–water partition coefficient (Wildman–Crippen LogP) is 3.58. The molecule has 0 aliphatic rings. The molecule has 7 nitrogen and oxygen atoms in total. The zero-order valence-corrected chi connectivity index (χ0v) is 14.3. The van der Waals surface area contributed by atoms with Gasteiger partial charge in [-0.2, -0.15) is 0 Å². The average molecular weight is 348 g/mol. The third-order valence-corrected chi connectivity index (χ3v) is 3.89. The third-order valence-electron chi connectivity index (χ3n) is 3.89. The smallest absolute Gasteiger partial charge is 0.316 e. The minimum Gasteiger partial charge on any atom is -0.484 e. The van der Waals surface area contributed by atoms with E-state index in [0.717, 1.165) is 21.9 Å². The van der Waals surface area contributed by atoms with Crippen molar-refractivity contribution in [3.63, 3.8) is 0 Å². The molecular formula is C19H16N4O3. The van der Waals surface area contributed by atoms with Crippen molar-refractivity contribution in [1.82, 2.24) is 20.2 Å². The number of ether oxygens (including phenoxy) is 2. The molecule has 0 saturated heterocycles. The van der Waals surface area contributed by atoms with Crippen LogP contribution in [-0.4, -0.2) is 27.3 Å². The molecule has 2 aromatic carbocycles. The summed E-state index contributed by atoms with van der Waals surface area (Å²) in [6.45, 7) is 1.95. The molecule has 26 heavy (non-hydrogen) atoms. The Morgan fingerprint density at radius 2 is 1.85 bits per heavy atom. The molecule has 4 aromatic rings. The molecular weight excluding hydrogens is 332 g/mol. The molecule has 4 rings (SSSR count). The Morgan fingerprint density at radius 3 is 2.58 bits per heavy atom. The first-order valence-electron chi connectivity index (χ1n) is 8.04. The van der Waals surface area contributed by atoms with E-state index in [9.17, 15) is 0 Å². The first-order valence-corrected chi connectivity index (χ1v) is 8.04. The lowest BCUT2D eigenvalue weighted by molar-refractivity contribution is 0.261. The summed E-state index contributed by atoms with van der Waals surface area (Å²) in [7, 11) is 1.54. The molecule has 0 radical (unpaired) electrons.